The molecule has 2 unspecified atom stereocenters. The van der Waals surface area contributed by atoms with Crippen LogP contribution in [-0.4, -0.2) is 11.9 Å². The van der Waals surface area contributed by atoms with Crippen molar-refractivity contribution in [2.24, 2.45) is 5.92 Å². The highest BCUT2D eigenvalue weighted by Gasteiger charge is 2.28. The molecule has 0 spiro atoms. The van der Waals surface area contributed by atoms with Crippen LogP contribution in [0, 0.1) is 12.8 Å². The van der Waals surface area contributed by atoms with E-state index < -0.39 is 0 Å². The minimum atomic E-state index is -0.112. The zero-order valence-corrected chi connectivity index (χ0v) is 10.0. The second-order valence-electron chi connectivity index (χ2n) is 4.55. The van der Waals surface area contributed by atoms with Crippen molar-refractivity contribution in [3.8, 4) is 0 Å². The molecule has 2 atom stereocenters. The van der Waals surface area contributed by atoms with Crippen molar-refractivity contribution in [3.63, 3.8) is 0 Å². The first-order chi connectivity index (χ1) is 7.61. The molecule has 1 aliphatic rings. The van der Waals surface area contributed by atoms with Crippen molar-refractivity contribution >= 4 is 17.3 Å². The minimum absolute atomic E-state index is 0.0747. The summed E-state index contributed by atoms with van der Waals surface area (Å²) < 4.78 is 0. The summed E-state index contributed by atoms with van der Waals surface area (Å²) in [7, 11) is 0. The molecule has 0 aliphatic carbocycles. The second kappa shape index (κ2) is 4.16. The van der Waals surface area contributed by atoms with E-state index in [2.05, 4.69) is 37.5 Å². The lowest BCUT2D eigenvalue weighted by Crippen LogP contribution is -2.43. The number of aryl methyl sites for hydroxylation is 1. The minimum Gasteiger partial charge on any atom is -0.372 e. The molecular formula is C13H18N2O. The molecule has 3 heteroatoms. The molecule has 1 aliphatic heterocycles. The van der Waals surface area contributed by atoms with Gasteiger partial charge in [0.1, 0.15) is 6.04 Å². The molecule has 0 bridgehead atoms. The molecule has 86 valence electrons. The largest absolute Gasteiger partial charge is 0.372 e. The predicted octanol–water partition coefficient (Wildman–Crippen LogP) is 2.77. The van der Waals surface area contributed by atoms with Gasteiger partial charge in [-0.1, -0.05) is 26.3 Å². The van der Waals surface area contributed by atoms with Gasteiger partial charge in [-0.25, -0.2) is 0 Å². The molecule has 3 nitrogen and oxygen atoms in total. The zero-order valence-electron chi connectivity index (χ0n) is 10.0. The number of hydrogen-bond acceptors (Lipinski definition) is 2. The fraction of sp³-hybridized carbons (Fsp3) is 0.462. The number of carbonyl (C=O) groups excluding carboxylic acids is 1. The molecule has 0 saturated heterocycles. The van der Waals surface area contributed by atoms with Gasteiger partial charge in [0, 0.05) is 0 Å². The van der Waals surface area contributed by atoms with Crippen molar-refractivity contribution in [2.45, 2.75) is 33.2 Å². The first-order valence-electron chi connectivity index (χ1n) is 5.80. The van der Waals surface area contributed by atoms with E-state index in [0.29, 0.717) is 5.92 Å². The van der Waals surface area contributed by atoms with E-state index in [9.17, 15) is 4.79 Å². The highest BCUT2D eigenvalue weighted by atomic mass is 16.2. The van der Waals surface area contributed by atoms with Gasteiger partial charge in [0.25, 0.3) is 0 Å². The number of amides is 1. The summed E-state index contributed by atoms with van der Waals surface area (Å²) in [5.74, 6) is 0.416. The number of hydrogen-bond donors (Lipinski definition) is 2. The van der Waals surface area contributed by atoms with Gasteiger partial charge in [-0.2, -0.15) is 0 Å². The maximum absolute atomic E-state index is 11.9. The van der Waals surface area contributed by atoms with E-state index in [1.165, 1.54) is 5.56 Å². The Bertz CT molecular complexity index is 414. The van der Waals surface area contributed by atoms with Crippen molar-refractivity contribution in [3.05, 3.63) is 23.8 Å². The fourth-order valence-electron chi connectivity index (χ4n) is 1.97. The third-order valence-corrected chi connectivity index (χ3v) is 3.24. The molecule has 1 aromatic rings. The molecule has 2 N–H and O–H groups in total. The number of carbonyl (C=O) groups is 1. The monoisotopic (exact) mass is 218 g/mol. The van der Waals surface area contributed by atoms with Crippen LogP contribution in [-0.2, 0) is 4.79 Å². The Morgan fingerprint density at radius 2 is 2.12 bits per heavy atom. The number of anilines is 2. The summed E-state index contributed by atoms with van der Waals surface area (Å²) in [6, 6.07) is 5.91. The Kier molecular flexibility index (Phi) is 2.86. The molecule has 16 heavy (non-hydrogen) atoms. The SMILES string of the molecule is CCC(C)C1Nc2cc(C)ccc2NC1=O. The van der Waals surface area contributed by atoms with Gasteiger partial charge in [0.2, 0.25) is 5.91 Å². The Morgan fingerprint density at radius 3 is 2.81 bits per heavy atom. The topological polar surface area (TPSA) is 41.1 Å². The third kappa shape index (κ3) is 1.90. The summed E-state index contributed by atoms with van der Waals surface area (Å²) in [5, 5.41) is 6.28. The Labute approximate surface area is 96.2 Å². The summed E-state index contributed by atoms with van der Waals surface area (Å²) in [4.78, 5) is 11.9. The maximum atomic E-state index is 11.9. The summed E-state index contributed by atoms with van der Waals surface area (Å²) in [6.07, 6.45) is 0.992. The van der Waals surface area contributed by atoms with Gasteiger partial charge < -0.3 is 10.6 Å². The number of rotatable bonds is 2. The van der Waals surface area contributed by atoms with Crippen LogP contribution < -0.4 is 10.6 Å². The summed E-state index contributed by atoms with van der Waals surface area (Å²) in [6.45, 7) is 6.25. The number of nitrogens with one attached hydrogen (secondary N) is 2. The van der Waals surface area contributed by atoms with E-state index in [4.69, 9.17) is 0 Å². The van der Waals surface area contributed by atoms with E-state index >= 15 is 0 Å². The first kappa shape index (κ1) is 11.0. The highest BCUT2D eigenvalue weighted by Crippen LogP contribution is 2.29. The maximum Gasteiger partial charge on any atom is 0.247 e. The second-order valence-corrected chi connectivity index (χ2v) is 4.55. The summed E-state index contributed by atoms with van der Waals surface area (Å²) in [5.41, 5.74) is 3.12. The molecule has 2 rings (SSSR count). The fourth-order valence-corrected chi connectivity index (χ4v) is 1.97. The van der Waals surface area contributed by atoms with Crippen molar-refractivity contribution in [1.29, 1.82) is 0 Å². The number of fused-ring (bicyclic) bond motifs is 1. The van der Waals surface area contributed by atoms with Crippen LogP contribution in [0.3, 0.4) is 0 Å². The molecule has 1 aromatic carbocycles. The van der Waals surface area contributed by atoms with Crippen LogP contribution in [0.5, 0.6) is 0 Å². The van der Waals surface area contributed by atoms with Crippen LogP contribution >= 0.6 is 0 Å². The first-order valence-corrected chi connectivity index (χ1v) is 5.80. The van der Waals surface area contributed by atoms with Crippen molar-refractivity contribution < 1.29 is 4.79 Å². The quantitative estimate of drug-likeness (QED) is 0.801. The normalized spacial score (nSPS) is 20.7. The molecular weight excluding hydrogens is 200 g/mol. The number of benzene rings is 1. The average molecular weight is 218 g/mol. The van der Waals surface area contributed by atoms with Gasteiger partial charge in [0.15, 0.2) is 0 Å². The Hall–Kier alpha value is -1.51. The van der Waals surface area contributed by atoms with Gasteiger partial charge in [-0.15, -0.1) is 0 Å². The molecule has 0 radical (unpaired) electrons. The lowest BCUT2D eigenvalue weighted by molar-refractivity contribution is -0.118. The summed E-state index contributed by atoms with van der Waals surface area (Å²) >= 11 is 0. The van der Waals surface area contributed by atoms with Gasteiger partial charge in [-0.3, -0.25) is 4.79 Å². The molecule has 0 fully saturated rings. The standard InChI is InChI=1S/C13H18N2O/c1-4-9(3)12-13(16)15-10-6-5-8(2)7-11(10)14-12/h5-7,9,12,14H,4H2,1-3H3,(H,15,16). The van der Waals surface area contributed by atoms with Gasteiger partial charge >= 0.3 is 0 Å². The van der Waals surface area contributed by atoms with Crippen LogP contribution in [0.1, 0.15) is 25.8 Å². The molecule has 1 heterocycles. The Morgan fingerprint density at radius 1 is 1.38 bits per heavy atom. The zero-order chi connectivity index (χ0) is 11.7. The molecule has 0 aromatic heterocycles. The highest BCUT2D eigenvalue weighted by molar-refractivity contribution is 6.03. The van der Waals surface area contributed by atoms with E-state index in [1.807, 2.05) is 12.1 Å². The van der Waals surface area contributed by atoms with Crippen molar-refractivity contribution in [1.82, 2.24) is 0 Å². The van der Waals surface area contributed by atoms with E-state index in [1.54, 1.807) is 0 Å². The van der Waals surface area contributed by atoms with Crippen LogP contribution in [0.4, 0.5) is 11.4 Å². The molecule has 1 amide bonds. The van der Waals surface area contributed by atoms with Crippen molar-refractivity contribution in [2.75, 3.05) is 10.6 Å². The molecule has 0 saturated carbocycles. The van der Waals surface area contributed by atoms with Crippen LogP contribution in [0.2, 0.25) is 0 Å². The lowest BCUT2D eigenvalue weighted by atomic mass is 9.96. The van der Waals surface area contributed by atoms with E-state index in [0.717, 1.165) is 17.8 Å². The lowest BCUT2D eigenvalue weighted by Gasteiger charge is -2.30. The average Bonchev–Trinajstić information content (AvgIpc) is 2.28. The smallest absolute Gasteiger partial charge is 0.247 e. The van der Waals surface area contributed by atoms with Gasteiger partial charge in [-0.05, 0) is 30.5 Å². The van der Waals surface area contributed by atoms with Gasteiger partial charge in [0.05, 0.1) is 11.4 Å². The van der Waals surface area contributed by atoms with Crippen LogP contribution in [0.25, 0.3) is 0 Å². The van der Waals surface area contributed by atoms with E-state index in [-0.39, 0.29) is 11.9 Å². The Balaban J connectivity index is 2.29. The van der Waals surface area contributed by atoms with Crippen LogP contribution in [0.15, 0.2) is 18.2 Å². The third-order valence-electron chi connectivity index (χ3n) is 3.24. The predicted molar refractivity (Wildman–Crippen MR) is 66.7 cm³/mol.